The van der Waals surface area contributed by atoms with Crippen LogP contribution in [-0.2, 0) is 4.79 Å². The SMILES string of the molecule is N#Cc1ccc(C(=O)Cl)cc1.O=C(O)[C@@H]1CCNC1. The molecule has 100 valence electrons. The summed E-state index contributed by atoms with van der Waals surface area (Å²) in [5.74, 6) is -0.801. The van der Waals surface area contributed by atoms with Gasteiger partial charge in [-0.3, -0.25) is 9.59 Å². The van der Waals surface area contributed by atoms with Gasteiger partial charge in [-0.25, -0.2) is 0 Å². The molecule has 1 fully saturated rings. The van der Waals surface area contributed by atoms with Gasteiger partial charge in [0.2, 0.25) is 0 Å². The average Bonchev–Trinajstić information content (AvgIpc) is 2.93. The van der Waals surface area contributed by atoms with Crippen molar-refractivity contribution < 1.29 is 14.7 Å². The van der Waals surface area contributed by atoms with E-state index in [1.807, 2.05) is 6.07 Å². The molecule has 0 radical (unpaired) electrons. The molecule has 2 rings (SSSR count). The van der Waals surface area contributed by atoms with E-state index in [1.165, 1.54) is 12.1 Å². The van der Waals surface area contributed by atoms with Crippen molar-refractivity contribution in [2.75, 3.05) is 13.1 Å². The number of benzene rings is 1. The van der Waals surface area contributed by atoms with Gasteiger partial charge in [-0.1, -0.05) is 0 Å². The minimum Gasteiger partial charge on any atom is -0.481 e. The molecule has 1 aliphatic heterocycles. The summed E-state index contributed by atoms with van der Waals surface area (Å²) >= 11 is 5.18. The van der Waals surface area contributed by atoms with E-state index in [-0.39, 0.29) is 5.92 Å². The Morgan fingerprint density at radius 1 is 1.37 bits per heavy atom. The van der Waals surface area contributed by atoms with E-state index in [1.54, 1.807) is 12.1 Å². The summed E-state index contributed by atoms with van der Waals surface area (Å²) in [4.78, 5) is 20.7. The van der Waals surface area contributed by atoms with Crippen molar-refractivity contribution >= 4 is 22.8 Å². The van der Waals surface area contributed by atoms with E-state index in [0.717, 1.165) is 13.0 Å². The summed E-state index contributed by atoms with van der Waals surface area (Å²) in [6.07, 6.45) is 0.787. The molecule has 1 heterocycles. The molecule has 6 heteroatoms. The first-order chi connectivity index (χ1) is 9.04. The number of carboxylic acids is 1. The Morgan fingerprint density at radius 2 is 2.00 bits per heavy atom. The number of carbonyl (C=O) groups excluding carboxylic acids is 1. The second kappa shape index (κ2) is 7.52. The van der Waals surface area contributed by atoms with Gasteiger partial charge >= 0.3 is 5.97 Å². The van der Waals surface area contributed by atoms with Gasteiger partial charge in [-0.15, -0.1) is 0 Å². The highest BCUT2D eigenvalue weighted by atomic mass is 35.5. The third-order valence-corrected chi connectivity index (χ3v) is 2.87. The Balaban J connectivity index is 0.000000200. The molecule has 0 unspecified atom stereocenters. The maximum Gasteiger partial charge on any atom is 0.307 e. The van der Waals surface area contributed by atoms with Crippen LogP contribution in [0.15, 0.2) is 24.3 Å². The fraction of sp³-hybridized carbons (Fsp3) is 0.308. The van der Waals surface area contributed by atoms with Crippen LogP contribution >= 0.6 is 11.6 Å². The zero-order chi connectivity index (χ0) is 14.3. The lowest BCUT2D eigenvalue weighted by Crippen LogP contribution is -2.16. The van der Waals surface area contributed by atoms with Gasteiger partial charge in [0.15, 0.2) is 0 Å². The van der Waals surface area contributed by atoms with Gasteiger partial charge in [0.05, 0.1) is 17.6 Å². The summed E-state index contributed by atoms with van der Waals surface area (Å²) in [5.41, 5.74) is 0.928. The molecule has 0 amide bonds. The highest BCUT2D eigenvalue weighted by Crippen LogP contribution is 2.06. The molecule has 0 aliphatic carbocycles. The molecule has 0 saturated carbocycles. The van der Waals surface area contributed by atoms with E-state index >= 15 is 0 Å². The van der Waals surface area contributed by atoms with Crippen molar-refractivity contribution in [3.63, 3.8) is 0 Å². The Kier molecular flexibility index (Phi) is 6.00. The van der Waals surface area contributed by atoms with Crippen molar-refractivity contribution in [2.24, 2.45) is 5.92 Å². The van der Waals surface area contributed by atoms with Crippen molar-refractivity contribution in [3.8, 4) is 6.07 Å². The minimum atomic E-state index is -0.671. The topological polar surface area (TPSA) is 90.2 Å². The van der Waals surface area contributed by atoms with E-state index in [9.17, 15) is 9.59 Å². The fourth-order valence-electron chi connectivity index (χ4n) is 1.54. The second-order valence-electron chi connectivity index (χ2n) is 3.99. The second-order valence-corrected chi connectivity index (χ2v) is 4.33. The van der Waals surface area contributed by atoms with Crippen LogP contribution in [0.5, 0.6) is 0 Å². The van der Waals surface area contributed by atoms with Crippen LogP contribution in [0, 0.1) is 17.2 Å². The van der Waals surface area contributed by atoms with E-state index in [4.69, 9.17) is 22.0 Å². The van der Waals surface area contributed by atoms with E-state index in [0.29, 0.717) is 17.7 Å². The summed E-state index contributed by atoms with van der Waals surface area (Å²) in [6.45, 7) is 1.51. The van der Waals surface area contributed by atoms with Crippen LogP contribution in [0.1, 0.15) is 22.3 Å². The van der Waals surface area contributed by atoms with Crippen molar-refractivity contribution in [3.05, 3.63) is 35.4 Å². The molecule has 19 heavy (non-hydrogen) atoms. The predicted octanol–water partition coefficient (Wildman–Crippen LogP) is 1.62. The number of halogens is 1. The van der Waals surface area contributed by atoms with Gasteiger partial charge in [-0.05, 0) is 48.8 Å². The van der Waals surface area contributed by atoms with Crippen molar-refractivity contribution in [2.45, 2.75) is 6.42 Å². The zero-order valence-electron chi connectivity index (χ0n) is 10.1. The van der Waals surface area contributed by atoms with Gasteiger partial charge in [0.25, 0.3) is 5.24 Å². The van der Waals surface area contributed by atoms with Crippen LogP contribution in [0.3, 0.4) is 0 Å². The number of hydrogen-bond acceptors (Lipinski definition) is 4. The Bertz CT molecular complexity index is 488. The standard InChI is InChI=1S/C8H4ClNO.C5H9NO2/c9-8(11)7-3-1-6(5-10)2-4-7;7-5(8)4-1-2-6-3-4/h1-4H;4,6H,1-3H2,(H,7,8)/t;4-/m.1/s1. The lowest BCUT2D eigenvalue weighted by Gasteiger charge is -1.96. The molecule has 1 atom stereocenters. The van der Waals surface area contributed by atoms with E-state index in [2.05, 4.69) is 5.32 Å². The molecule has 0 aromatic heterocycles. The Morgan fingerprint density at radius 3 is 2.32 bits per heavy atom. The van der Waals surface area contributed by atoms with Crippen LogP contribution in [0.25, 0.3) is 0 Å². The van der Waals surface area contributed by atoms with E-state index < -0.39 is 11.2 Å². The van der Waals surface area contributed by atoms with Gasteiger partial charge < -0.3 is 10.4 Å². The number of rotatable bonds is 2. The summed E-state index contributed by atoms with van der Waals surface area (Å²) in [6, 6.07) is 8.08. The molecule has 1 aliphatic rings. The number of hydrogen-bond donors (Lipinski definition) is 2. The van der Waals surface area contributed by atoms with Crippen LogP contribution in [-0.4, -0.2) is 29.4 Å². The van der Waals surface area contributed by atoms with Crippen LogP contribution in [0.4, 0.5) is 0 Å². The Labute approximate surface area is 115 Å². The van der Waals surface area contributed by atoms with Gasteiger partial charge in [0, 0.05) is 12.1 Å². The first-order valence-corrected chi connectivity index (χ1v) is 6.06. The highest BCUT2D eigenvalue weighted by Gasteiger charge is 2.20. The lowest BCUT2D eigenvalue weighted by atomic mass is 10.1. The first kappa shape index (κ1) is 15.2. The largest absolute Gasteiger partial charge is 0.481 e. The lowest BCUT2D eigenvalue weighted by molar-refractivity contribution is -0.140. The Hall–Kier alpha value is -1.90. The number of nitrogens with zero attached hydrogens (tertiary/aromatic N) is 1. The summed E-state index contributed by atoms with van der Waals surface area (Å²) in [7, 11) is 0. The number of nitriles is 1. The molecule has 0 spiro atoms. The molecule has 0 bridgehead atoms. The zero-order valence-corrected chi connectivity index (χ0v) is 10.9. The number of aliphatic carboxylic acids is 1. The number of nitrogens with one attached hydrogen (secondary N) is 1. The number of carboxylic acid groups (broad SMARTS) is 1. The molecule has 1 aromatic rings. The molecule has 1 saturated heterocycles. The van der Waals surface area contributed by atoms with Crippen LogP contribution < -0.4 is 5.32 Å². The van der Waals surface area contributed by atoms with Gasteiger partial charge in [-0.2, -0.15) is 5.26 Å². The monoisotopic (exact) mass is 280 g/mol. The first-order valence-electron chi connectivity index (χ1n) is 5.68. The maximum absolute atomic E-state index is 10.5. The van der Waals surface area contributed by atoms with Crippen molar-refractivity contribution in [1.29, 1.82) is 5.26 Å². The van der Waals surface area contributed by atoms with Crippen molar-refractivity contribution in [1.82, 2.24) is 5.32 Å². The third kappa shape index (κ3) is 5.08. The quantitative estimate of drug-likeness (QED) is 0.804. The summed E-state index contributed by atoms with van der Waals surface area (Å²) < 4.78 is 0. The van der Waals surface area contributed by atoms with Gasteiger partial charge in [0.1, 0.15) is 0 Å². The fourth-order valence-corrected chi connectivity index (χ4v) is 1.67. The maximum atomic E-state index is 10.5. The minimum absolute atomic E-state index is 0.130. The average molecular weight is 281 g/mol. The highest BCUT2D eigenvalue weighted by molar-refractivity contribution is 6.67. The normalized spacial score (nSPS) is 16.9. The van der Waals surface area contributed by atoms with Crippen LogP contribution in [0.2, 0.25) is 0 Å². The number of carbonyl (C=O) groups is 2. The molecule has 5 nitrogen and oxygen atoms in total. The third-order valence-electron chi connectivity index (χ3n) is 2.65. The molecular weight excluding hydrogens is 268 g/mol. The molecular formula is C13H13ClN2O3. The smallest absolute Gasteiger partial charge is 0.307 e. The predicted molar refractivity (Wildman–Crippen MR) is 70.0 cm³/mol. The summed E-state index contributed by atoms with van der Waals surface area (Å²) in [5, 5.41) is 19.2. The molecule has 2 N–H and O–H groups in total. The molecule has 1 aromatic carbocycles.